The van der Waals surface area contributed by atoms with Gasteiger partial charge >= 0.3 is 12.4 Å². The fourth-order valence-corrected chi connectivity index (χ4v) is 4.14. The number of hydrogen-bond acceptors (Lipinski definition) is 5. The van der Waals surface area contributed by atoms with Crippen molar-refractivity contribution >= 4 is 17.5 Å². The molecule has 1 aromatic heterocycles. The lowest BCUT2D eigenvalue weighted by Gasteiger charge is -2.31. The van der Waals surface area contributed by atoms with Crippen LogP contribution >= 0.6 is 11.6 Å². The van der Waals surface area contributed by atoms with Gasteiger partial charge in [-0.15, -0.1) is 0 Å². The maximum absolute atomic E-state index is 13.4. The Labute approximate surface area is 182 Å². The highest BCUT2D eigenvalue weighted by atomic mass is 35.5. The largest absolute Gasteiger partial charge is 0.451 e. The second-order valence-corrected chi connectivity index (χ2v) is 7.79. The molecule has 0 aliphatic carbocycles. The molecule has 13 heteroatoms. The van der Waals surface area contributed by atoms with E-state index in [1.165, 1.54) is 0 Å². The highest BCUT2D eigenvalue weighted by Crippen LogP contribution is 2.37. The summed E-state index contributed by atoms with van der Waals surface area (Å²) in [5.41, 5.74) is 4.90. The van der Waals surface area contributed by atoms with Crippen molar-refractivity contribution in [3.05, 3.63) is 57.1 Å². The number of nitrogens with one attached hydrogen (secondary N) is 2. The molecule has 3 heterocycles. The van der Waals surface area contributed by atoms with E-state index in [-0.39, 0.29) is 36.5 Å². The molecular weight excluding hydrogens is 464 g/mol. The molecule has 2 aliphatic rings. The lowest BCUT2D eigenvalue weighted by Crippen LogP contribution is -2.38. The van der Waals surface area contributed by atoms with Gasteiger partial charge in [0.15, 0.2) is 0 Å². The predicted octanol–water partition coefficient (Wildman–Crippen LogP) is 3.91. The molecule has 1 saturated heterocycles. The first-order chi connectivity index (χ1) is 15.0. The third kappa shape index (κ3) is 4.26. The van der Waals surface area contributed by atoms with E-state index in [1.807, 2.05) is 0 Å². The first kappa shape index (κ1) is 22.7. The number of amides is 1. The molecule has 0 bridgehead atoms. The molecule has 2 aromatic rings. The number of fused-ring (bicyclic) bond motifs is 1. The van der Waals surface area contributed by atoms with E-state index < -0.39 is 40.7 Å². The van der Waals surface area contributed by atoms with Gasteiger partial charge in [0.2, 0.25) is 5.82 Å². The molecule has 0 spiro atoms. The number of carbonyl (C=O) groups is 1. The first-order valence-corrected chi connectivity index (χ1v) is 9.95. The number of carbonyl (C=O) groups excluding carboxylic acids is 1. The molecule has 1 atom stereocenters. The van der Waals surface area contributed by atoms with E-state index in [4.69, 9.17) is 11.6 Å². The maximum atomic E-state index is 13.4. The van der Waals surface area contributed by atoms with E-state index in [1.54, 1.807) is 0 Å². The Morgan fingerprint density at radius 1 is 1.12 bits per heavy atom. The van der Waals surface area contributed by atoms with Crippen molar-refractivity contribution in [1.82, 2.24) is 25.7 Å². The lowest BCUT2D eigenvalue weighted by atomic mass is 9.97. The van der Waals surface area contributed by atoms with Crippen LogP contribution in [0.1, 0.15) is 51.2 Å². The summed E-state index contributed by atoms with van der Waals surface area (Å²) in [7, 11) is 0. The topological polar surface area (TPSA) is 70.2 Å². The minimum atomic E-state index is -4.80. The summed E-state index contributed by atoms with van der Waals surface area (Å²) in [6.45, 7) is 0.309. The van der Waals surface area contributed by atoms with Crippen molar-refractivity contribution in [2.75, 3.05) is 13.1 Å². The van der Waals surface area contributed by atoms with Crippen LogP contribution < -0.4 is 10.9 Å². The van der Waals surface area contributed by atoms with Crippen LogP contribution in [0.2, 0.25) is 5.02 Å². The van der Waals surface area contributed by atoms with Crippen LogP contribution in [0.25, 0.3) is 0 Å². The normalized spacial score (nSPS) is 19.2. The van der Waals surface area contributed by atoms with Crippen LogP contribution in [0.15, 0.2) is 18.2 Å². The Morgan fingerprint density at radius 3 is 2.50 bits per heavy atom. The SMILES string of the molecule is O=C(c1cccc(C(F)(F)F)c1Cl)N1CCc2c(nc(C(F)(F)F)nc2C2CCNN2)C1. The van der Waals surface area contributed by atoms with Gasteiger partial charge in [0.1, 0.15) is 0 Å². The van der Waals surface area contributed by atoms with Crippen LogP contribution in [0.4, 0.5) is 26.3 Å². The Balaban J connectivity index is 1.69. The standard InChI is InChI=1S/C19H16ClF6N5O/c20-14-10(2-1-3-11(14)18(21,22)23)16(32)31-7-5-9-13(8-31)28-17(19(24,25)26)29-15(9)12-4-6-27-30-12/h1-3,12,27,30H,4-8H2. The zero-order valence-electron chi connectivity index (χ0n) is 16.2. The molecule has 0 saturated carbocycles. The molecule has 32 heavy (non-hydrogen) atoms. The molecule has 2 N–H and O–H groups in total. The molecule has 1 amide bonds. The van der Waals surface area contributed by atoms with E-state index in [9.17, 15) is 31.1 Å². The average molecular weight is 480 g/mol. The summed E-state index contributed by atoms with van der Waals surface area (Å²) in [6, 6.07) is 2.51. The van der Waals surface area contributed by atoms with E-state index in [0.717, 1.165) is 23.1 Å². The molecule has 2 aliphatic heterocycles. The van der Waals surface area contributed by atoms with Crippen LogP contribution in [0, 0.1) is 0 Å². The van der Waals surface area contributed by atoms with Gasteiger partial charge in [-0.1, -0.05) is 17.7 Å². The van der Waals surface area contributed by atoms with Crippen LogP contribution in [-0.2, 0) is 25.3 Å². The van der Waals surface area contributed by atoms with Gasteiger partial charge in [-0.25, -0.2) is 15.4 Å². The van der Waals surface area contributed by atoms with Crippen molar-refractivity contribution < 1.29 is 31.1 Å². The Morgan fingerprint density at radius 2 is 1.88 bits per heavy atom. The number of alkyl halides is 6. The Hall–Kier alpha value is -2.44. The second-order valence-electron chi connectivity index (χ2n) is 7.41. The lowest BCUT2D eigenvalue weighted by molar-refractivity contribution is -0.145. The second kappa shape index (κ2) is 8.16. The molecule has 1 unspecified atom stereocenters. The van der Waals surface area contributed by atoms with Gasteiger partial charge in [0.25, 0.3) is 5.91 Å². The van der Waals surface area contributed by atoms with Crippen molar-refractivity contribution in [1.29, 1.82) is 0 Å². The van der Waals surface area contributed by atoms with E-state index >= 15 is 0 Å². The summed E-state index contributed by atoms with van der Waals surface area (Å²) >= 11 is 5.85. The highest BCUT2D eigenvalue weighted by Gasteiger charge is 2.39. The summed E-state index contributed by atoms with van der Waals surface area (Å²) in [4.78, 5) is 21.4. The average Bonchev–Trinajstić information content (AvgIpc) is 3.25. The zero-order valence-corrected chi connectivity index (χ0v) is 17.0. The van der Waals surface area contributed by atoms with Crippen molar-refractivity contribution in [2.24, 2.45) is 0 Å². The molecule has 6 nitrogen and oxygen atoms in total. The van der Waals surface area contributed by atoms with Gasteiger partial charge in [-0.2, -0.15) is 26.3 Å². The molecule has 0 radical (unpaired) electrons. The summed E-state index contributed by atoms with van der Waals surface area (Å²) < 4.78 is 79.6. The maximum Gasteiger partial charge on any atom is 0.451 e. The predicted molar refractivity (Wildman–Crippen MR) is 100 cm³/mol. The van der Waals surface area contributed by atoms with Crippen LogP contribution in [0.3, 0.4) is 0 Å². The van der Waals surface area contributed by atoms with Gasteiger partial charge in [-0.05, 0) is 25.0 Å². The summed E-state index contributed by atoms with van der Waals surface area (Å²) in [5.74, 6) is -2.15. The third-order valence-corrected chi connectivity index (χ3v) is 5.74. The zero-order chi connectivity index (χ0) is 23.3. The van der Waals surface area contributed by atoms with E-state index in [2.05, 4.69) is 20.8 Å². The third-order valence-electron chi connectivity index (χ3n) is 5.34. The monoisotopic (exact) mass is 479 g/mol. The number of rotatable bonds is 2. The Kier molecular flexibility index (Phi) is 5.80. The molecule has 1 aromatic carbocycles. The first-order valence-electron chi connectivity index (χ1n) is 9.57. The van der Waals surface area contributed by atoms with Crippen molar-refractivity contribution in [3.63, 3.8) is 0 Å². The molecule has 4 rings (SSSR count). The van der Waals surface area contributed by atoms with Crippen LogP contribution in [0.5, 0.6) is 0 Å². The molecule has 172 valence electrons. The number of halogens is 7. The Bertz CT molecular complexity index is 1050. The summed E-state index contributed by atoms with van der Waals surface area (Å²) in [6.07, 6.45) is -8.88. The fourth-order valence-electron chi connectivity index (χ4n) is 3.82. The van der Waals surface area contributed by atoms with Crippen molar-refractivity contribution in [2.45, 2.75) is 37.8 Å². The number of hydrazine groups is 1. The highest BCUT2D eigenvalue weighted by molar-refractivity contribution is 6.34. The smallest absolute Gasteiger partial charge is 0.332 e. The van der Waals surface area contributed by atoms with Gasteiger partial charge < -0.3 is 4.90 Å². The quantitative estimate of drug-likeness (QED) is 0.639. The summed E-state index contributed by atoms with van der Waals surface area (Å²) in [5, 5.41) is -0.753. The minimum Gasteiger partial charge on any atom is -0.332 e. The number of aromatic nitrogens is 2. The van der Waals surface area contributed by atoms with Gasteiger partial charge in [0, 0.05) is 18.7 Å². The van der Waals surface area contributed by atoms with Crippen LogP contribution in [-0.4, -0.2) is 33.9 Å². The molecule has 1 fully saturated rings. The fraction of sp³-hybridized carbons (Fsp3) is 0.421. The number of nitrogens with zero attached hydrogens (tertiary/aromatic N) is 3. The van der Waals surface area contributed by atoms with Gasteiger partial charge in [0.05, 0.1) is 40.1 Å². The van der Waals surface area contributed by atoms with E-state index in [0.29, 0.717) is 18.5 Å². The number of hydrogen-bond donors (Lipinski definition) is 2. The van der Waals surface area contributed by atoms with Gasteiger partial charge in [-0.3, -0.25) is 10.2 Å². The minimum absolute atomic E-state index is 0.0127. The number of benzene rings is 1. The van der Waals surface area contributed by atoms with Crippen molar-refractivity contribution in [3.8, 4) is 0 Å². The molecular formula is C19H16ClF6N5O.